The molecular weight excluding hydrogens is 399 g/mol. The summed E-state index contributed by atoms with van der Waals surface area (Å²) in [6.07, 6.45) is -1.40. The first-order valence-electron chi connectivity index (χ1n) is 8.51. The molecule has 0 saturated heterocycles. The molecule has 0 fully saturated rings. The Morgan fingerprint density at radius 1 is 1.03 bits per heavy atom. The molecule has 0 atom stereocenters. The summed E-state index contributed by atoms with van der Waals surface area (Å²) in [6, 6.07) is 17.4. The van der Waals surface area contributed by atoms with Crippen molar-refractivity contribution in [3.05, 3.63) is 88.7 Å². The predicted octanol–water partition coefficient (Wildman–Crippen LogP) is 5.29. The lowest BCUT2D eigenvalue weighted by atomic mass is 10.1. The van der Waals surface area contributed by atoms with E-state index in [0.29, 0.717) is 22.1 Å². The Morgan fingerprint density at radius 3 is 2.52 bits per heavy atom. The number of benzene rings is 3. The van der Waals surface area contributed by atoms with Gasteiger partial charge in [0.25, 0.3) is 5.91 Å². The average molecular weight is 415 g/mol. The first-order valence-corrected chi connectivity index (χ1v) is 8.89. The smallest absolute Gasteiger partial charge is 0.409 e. The lowest BCUT2D eigenvalue weighted by Crippen LogP contribution is -2.24. The number of hydrogen-bond acceptors (Lipinski definition) is 3. The van der Waals surface area contributed by atoms with Crippen molar-refractivity contribution in [3.8, 4) is 11.5 Å². The van der Waals surface area contributed by atoms with Crippen LogP contribution in [-0.4, -0.2) is 17.1 Å². The molecule has 0 saturated carbocycles. The highest BCUT2D eigenvalue weighted by atomic mass is 35.5. The highest BCUT2D eigenvalue weighted by Gasteiger charge is 2.14. The van der Waals surface area contributed by atoms with Crippen LogP contribution in [0.3, 0.4) is 0 Å². The number of carboxylic acid groups (broad SMARTS) is 1. The Balaban J connectivity index is 1.72. The van der Waals surface area contributed by atoms with E-state index in [9.17, 15) is 14.0 Å². The van der Waals surface area contributed by atoms with Gasteiger partial charge in [-0.15, -0.1) is 0 Å². The van der Waals surface area contributed by atoms with Crippen LogP contribution in [0.2, 0.25) is 5.02 Å². The molecule has 0 radical (unpaired) electrons. The molecule has 0 aliphatic carbocycles. The molecule has 2 amide bonds. The second-order valence-electron chi connectivity index (χ2n) is 5.98. The molecule has 0 aliphatic heterocycles. The lowest BCUT2D eigenvalue weighted by Gasteiger charge is -2.12. The minimum absolute atomic E-state index is 0.00326. The minimum atomic E-state index is -1.40. The van der Waals surface area contributed by atoms with Gasteiger partial charge >= 0.3 is 6.09 Å². The molecule has 8 heteroatoms. The highest BCUT2D eigenvalue weighted by Crippen LogP contribution is 2.30. The molecule has 29 heavy (non-hydrogen) atoms. The quantitative estimate of drug-likeness (QED) is 0.511. The van der Waals surface area contributed by atoms with E-state index in [-0.39, 0.29) is 17.8 Å². The van der Waals surface area contributed by atoms with Crippen LogP contribution in [-0.2, 0) is 6.54 Å². The number of nitrogens with one attached hydrogen (secondary N) is 2. The first-order chi connectivity index (χ1) is 13.9. The molecule has 0 heterocycles. The summed E-state index contributed by atoms with van der Waals surface area (Å²) < 4.78 is 19.1. The third-order valence-electron chi connectivity index (χ3n) is 3.89. The van der Waals surface area contributed by atoms with E-state index in [1.807, 2.05) is 23.5 Å². The van der Waals surface area contributed by atoms with Crippen molar-refractivity contribution in [1.29, 1.82) is 0 Å². The Labute approximate surface area is 170 Å². The number of anilines is 1. The topological polar surface area (TPSA) is 87.7 Å². The van der Waals surface area contributed by atoms with Crippen molar-refractivity contribution < 1.29 is 23.8 Å². The molecule has 0 unspecified atom stereocenters. The van der Waals surface area contributed by atoms with Gasteiger partial charge in [0.2, 0.25) is 0 Å². The van der Waals surface area contributed by atoms with Crippen LogP contribution in [0.1, 0.15) is 15.9 Å². The maximum Gasteiger partial charge on any atom is 0.409 e. The first kappa shape index (κ1) is 20.2. The van der Waals surface area contributed by atoms with E-state index in [4.69, 9.17) is 21.4 Å². The van der Waals surface area contributed by atoms with Gasteiger partial charge in [0.1, 0.15) is 17.3 Å². The van der Waals surface area contributed by atoms with Crippen molar-refractivity contribution in [1.82, 2.24) is 5.32 Å². The van der Waals surface area contributed by atoms with Crippen molar-refractivity contribution in [3.63, 3.8) is 0 Å². The fourth-order valence-electron chi connectivity index (χ4n) is 2.56. The number of hydrogen-bond donors (Lipinski definition) is 3. The second-order valence-corrected chi connectivity index (χ2v) is 6.39. The average Bonchev–Trinajstić information content (AvgIpc) is 2.69. The summed E-state index contributed by atoms with van der Waals surface area (Å²) in [5.41, 5.74) is 0.575. The van der Waals surface area contributed by atoms with Crippen LogP contribution < -0.4 is 15.4 Å². The van der Waals surface area contributed by atoms with Gasteiger partial charge in [0, 0.05) is 6.54 Å². The van der Waals surface area contributed by atoms with Gasteiger partial charge in [-0.1, -0.05) is 35.9 Å². The number of ether oxygens (including phenoxy) is 1. The Bertz CT molecular complexity index is 1040. The summed E-state index contributed by atoms with van der Waals surface area (Å²) in [5, 5.41) is 14.0. The number of carbonyl (C=O) groups is 2. The standard InChI is InChI=1S/C21H16ClFN2O4/c22-17-9-6-13(10-19(17)29-15-4-2-1-3-5-15)12-24-20(26)16-8-7-14(23)11-18(16)25-21(27)28/h1-11,25H,12H2,(H,24,26)(H,27,28). The summed E-state index contributed by atoms with van der Waals surface area (Å²) >= 11 is 6.18. The van der Waals surface area contributed by atoms with Gasteiger partial charge < -0.3 is 15.2 Å². The number of para-hydroxylation sites is 1. The number of carbonyl (C=O) groups excluding carboxylic acids is 1. The van der Waals surface area contributed by atoms with Gasteiger partial charge in [-0.25, -0.2) is 9.18 Å². The van der Waals surface area contributed by atoms with Crippen molar-refractivity contribution in [2.24, 2.45) is 0 Å². The van der Waals surface area contributed by atoms with Crippen LogP contribution in [0.5, 0.6) is 11.5 Å². The molecule has 148 valence electrons. The molecule has 0 spiro atoms. The zero-order valence-corrected chi connectivity index (χ0v) is 15.7. The molecule has 3 aromatic rings. The van der Waals surface area contributed by atoms with Crippen LogP contribution in [0.15, 0.2) is 66.7 Å². The number of rotatable bonds is 6. The zero-order chi connectivity index (χ0) is 20.8. The summed E-state index contributed by atoms with van der Waals surface area (Å²) in [6.45, 7) is 0.130. The zero-order valence-electron chi connectivity index (χ0n) is 15.0. The van der Waals surface area contributed by atoms with Crippen LogP contribution in [0, 0.1) is 5.82 Å². The fraction of sp³-hybridized carbons (Fsp3) is 0.0476. The van der Waals surface area contributed by atoms with Gasteiger partial charge in [-0.3, -0.25) is 10.1 Å². The maximum absolute atomic E-state index is 13.4. The third kappa shape index (κ3) is 5.46. The Kier molecular flexibility index (Phi) is 6.31. The van der Waals surface area contributed by atoms with E-state index < -0.39 is 17.8 Å². The molecule has 3 aromatic carbocycles. The normalized spacial score (nSPS) is 10.3. The summed E-state index contributed by atoms with van der Waals surface area (Å²) in [4.78, 5) is 23.3. The Morgan fingerprint density at radius 2 is 1.79 bits per heavy atom. The maximum atomic E-state index is 13.4. The molecule has 0 bridgehead atoms. The van der Waals surface area contributed by atoms with Gasteiger partial charge in [-0.2, -0.15) is 0 Å². The molecule has 0 aliphatic rings. The highest BCUT2D eigenvalue weighted by molar-refractivity contribution is 6.32. The fourth-order valence-corrected chi connectivity index (χ4v) is 2.72. The third-order valence-corrected chi connectivity index (χ3v) is 4.20. The number of amides is 2. The van der Waals surface area contributed by atoms with Crippen molar-refractivity contribution in [2.75, 3.05) is 5.32 Å². The van der Waals surface area contributed by atoms with Crippen LogP contribution in [0.25, 0.3) is 0 Å². The Hall–Kier alpha value is -3.58. The van der Waals surface area contributed by atoms with E-state index in [0.717, 1.165) is 12.1 Å². The second kappa shape index (κ2) is 9.07. The molecule has 0 aromatic heterocycles. The summed E-state index contributed by atoms with van der Waals surface area (Å²) in [7, 11) is 0. The van der Waals surface area contributed by atoms with Crippen LogP contribution in [0.4, 0.5) is 14.9 Å². The minimum Gasteiger partial charge on any atom is -0.465 e. The van der Waals surface area contributed by atoms with Gasteiger partial charge in [-0.05, 0) is 48.0 Å². The summed E-state index contributed by atoms with van der Waals surface area (Å²) in [5.74, 6) is -0.175. The predicted molar refractivity (Wildman–Crippen MR) is 107 cm³/mol. The van der Waals surface area contributed by atoms with Gasteiger partial charge in [0.05, 0.1) is 16.3 Å². The van der Waals surface area contributed by atoms with Crippen molar-refractivity contribution >= 4 is 29.3 Å². The molecular formula is C21H16ClFN2O4. The van der Waals surface area contributed by atoms with E-state index >= 15 is 0 Å². The van der Waals surface area contributed by atoms with Crippen LogP contribution >= 0.6 is 11.6 Å². The lowest BCUT2D eigenvalue weighted by molar-refractivity contribution is 0.0951. The van der Waals surface area contributed by atoms with E-state index in [1.54, 1.807) is 30.3 Å². The number of halogens is 2. The van der Waals surface area contributed by atoms with Crippen molar-refractivity contribution in [2.45, 2.75) is 6.54 Å². The molecule has 3 N–H and O–H groups in total. The monoisotopic (exact) mass is 414 g/mol. The largest absolute Gasteiger partial charge is 0.465 e. The van der Waals surface area contributed by atoms with E-state index in [1.165, 1.54) is 6.07 Å². The van der Waals surface area contributed by atoms with E-state index in [2.05, 4.69) is 5.32 Å². The SMILES string of the molecule is O=C(O)Nc1cc(F)ccc1C(=O)NCc1ccc(Cl)c(Oc2ccccc2)c1. The molecule has 3 rings (SSSR count). The molecule has 6 nitrogen and oxygen atoms in total. The van der Waals surface area contributed by atoms with Gasteiger partial charge in [0.15, 0.2) is 0 Å².